The van der Waals surface area contributed by atoms with E-state index in [1.807, 2.05) is 18.4 Å². The summed E-state index contributed by atoms with van der Waals surface area (Å²) in [6.07, 6.45) is 0. The highest BCUT2D eigenvalue weighted by molar-refractivity contribution is 8.01. The minimum Gasteiger partial charge on any atom is -0.454 e. The lowest BCUT2D eigenvalue weighted by atomic mass is 10.3. The summed E-state index contributed by atoms with van der Waals surface area (Å²) < 4.78 is 11.1. The van der Waals surface area contributed by atoms with Gasteiger partial charge in [-0.15, -0.1) is 21.5 Å². The van der Waals surface area contributed by atoms with Crippen LogP contribution in [0.25, 0.3) is 0 Å². The zero-order valence-electron chi connectivity index (χ0n) is 14.6. The molecule has 11 heteroatoms. The smallest absolute Gasteiger partial charge is 0.267 e. The van der Waals surface area contributed by atoms with Gasteiger partial charge in [0.2, 0.25) is 17.8 Å². The number of nitrogens with zero attached hydrogens (tertiary/aromatic N) is 2. The number of aromatic nitrogens is 2. The molecule has 1 aliphatic heterocycles. The fraction of sp³-hybridized carbons (Fsp3) is 0.176. The molecule has 0 saturated carbocycles. The van der Waals surface area contributed by atoms with Crippen LogP contribution in [0, 0.1) is 6.92 Å². The van der Waals surface area contributed by atoms with Crippen molar-refractivity contribution in [1.82, 2.24) is 10.2 Å². The highest BCUT2D eigenvalue weighted by atomic mass is 32.2. The molecule has 2 N–H and O–H groups in total. The predicted octanol–water partition coefficient (Wildman–Crippen LogP) is 3.62. The van der Waals surface area contributed by atoms with Gasteiger partial charge in [0, 0.05) is 11.8 Å². The van der Waals surface area contributed by atoms with E-state index in [0.29, 0.717) is 31.5 Å². The highest BCUT2D eigenvalue weighted by Gasteiger charge is 2.15. The van der Waals surface area contributed by atoms with Gasteiger partial charge in [-0.3, -0.25) is 14.9 Å². The molecule has 3 heterocycles. The van der Waals surface area contributed by atoms with Crippen molar-refractivity contribution in [2.75, 3.05) is 23.2 Å². The number of carbonyl (C=O) groups excluding carboxylic acids is 2. The molecular weight excluding hydrogens is 420 g/mol. The van der Waals surface area contributed by atoms with Gasteiger partial charge in [0.25, 0.3) is 5.91 Å². The molecular formula is C17H14N4O4S3. The van der Waals surface area contributed by atoms with Crippen molar-refractivity contribution in [2.45, 2.75) is 11.3 Å². The molecule has 0 bridgehead atoms. The van der Waals surface area contributed by atoms with E-state index in [0.717, 1.165) is 5.56 Å². The molecule has 2 amide bonds. The van der Waals surface area contributed by atoms with Gasteiger partial charge in [-0.05, 0) is 36.1 Å². The van der Waals surface area contributed by atoms with Gasteiger partial charge >= 0.3 is 0 Å². The number of amides is 2. The number of ether oxygens (including phenoxy) is 2. The first-order valence-corrected chi connectivity index (χ1v) is 10.8. The minimum atomic E-state index is -0.216. The number of anilines is 2. The third kappa shape index (κ3) is 4.43. The quantitative estimate of drug-likeness (QED) is 0.451. The zero-order valence-corrected chi connectivity index (χ0v) is 17.0. The summed E-state index contributed by atoms with van der Waals surface area (Å²) in [6, 6.07) is 7.04. The lowest BCUT2D eigenvalue weighted by Crippen LogP contribution is -2.13. The average Bonchev–Trinajstić information content (AvgIpc) is 3.40. The summed E-state index contributed by atoms with van der Waals surface area (Å²) in [4.78, 5) is 24.9. The lowest BCUT2D eigenvalue weighted by molar-refractivity contribution is -0.113. The number of carbonyl (C=O) groups is 2. The van der Waals surface area contributed by atoms with Crippen molar-refractivity contribution in [3.05, 3.63) is 40.1 Å². The summed E-state index contributed by atoms with van der Waals surface area (Å²) >= 11 is 3.85. The van der Waals surface area contributed by atoms with Crippen molar-refractivity contribution < 1.29 is 19.1 Å². The van der Waals surface area contributed by atoms with Gasteiger partial charge in [0.15, 0.2) is 15.8 Å². The Balaban J connectivity index is 1.28. The van der Waals surface area contributed by atoms with Gasteiger partial charge in [0.1, 0.15) is 0 Å². The van der Waals surface area contributed by atoms with Gasteiger partial charge in [-0.1, -0.05) is 23.1 Å². The molecule has 2 aromatic heterocycles. The van der Waals surface area contributed by atoms with E-state index in [9.17, 15) is 9.59 Å². The van der Waals surface area contributed by atoms with E-state index in [-0.39, 0.29) is 24.4 Å². The number of thiophene rings is 1. The number of hydrogen-bond donors (Lipinski definition) is 2. The number of benzene rings is 1. The van der Waals surface area contributed by atoms with Crippen molar-refractivity contribution >= 4 is 57.1 Å². The Kier molecular flexibility index (Phi) is 5.46. The molecule has 0 saturated heterocycles. The average molecular weight is 435 g/mol. The van der Waals surface area contributed by atoms with Crippen molar-refractivity contribution in [2.24, 2.45) is 0 Å². The van der Waals surface area contributed by atoms with E-state index < -0.39 is 0 Å². The summed E-state index contributed by atoms with van der Waals surface area (Å²) in [5, 5.41) is 15.8. The Morgan fingerprint density at radius 2 is 2.04 bits per heavy atom. The van der Waals surface area contributed by atoms with Crippen LogP contribution in [0.4, 0.5) is 10.8 Å². The maximum absolute atomic E-state index is 12.1. The second kappa shape index (κ2) is 8.17. The summed E-state index contributed by atoms with van der Waals surface area (Å²) in [7, 11) is 0. The molecule has 1 aromatic carbocycles. The highest BCUT2D eigenvalue weighted by Crippen LogP contribution is 2.34. The molecule has 0 atom stereocenters. The largest absolute Gasteiger partial charge is 0.454 e. The van der Waals surface area contributed by atoms with Gasteiger partial charge in [-0.2, -0.15) is 0 Å². The van der Waals surface area contributed by atoms with Crippen LogP contribution < -0.4 is 20.1 Å². The summed E-state index contributed by atoms with van der Waals surface area (Å²) in [6.45, 7) is 2.12. The SMILES string of the molecule is Cc1csc(C(=O)Nc2nnc(SCC(=O)Nc3ccc4c(c3)OCO4)s2)c1. The van der Waals surface area contributed by atoms with Gasteiger partial charge in [-0.25, -0.2) is 0 Å². The zero-order chi connectivity index (χ0) is 19.5. The maximum atomic E-state index is 12.1. The van der Waals surface area contributed by atoms with Crippen LogP contribution in [0.2, 0.25) is 0 Å². The Bertz CT molecular complexity index is 1030. The topological polar surface area (TPSA) is 102 Å². The summed E-state index contributed by atoms with van der Waals surface area (Å²) in [5.41, 5.74) is 1.67. The van der Waals surface area contributed by atoms with Crippen molar-refractivity contribution in [3.63, 3.8) is 0 Å². The molecule has 0 radical (unpaired) electrons. The number of hydrogen-bond acceptors (Lipinski definition) is 9. The monoisotopic (exact) mass is 434 g/mol. The van der Waals surface area contributed by atoms with Crippen LogP contribution in [-0.4, -0.2) is 34.6 Å². The molecule has 0 aliphatic carbocycles. The lowest BCUT2D eigenvalue weighted by Gasteiger charge is -2.05. The van der Waals surface area contributed by atoms with Crippen LogP contribution in [-0.2, 0) is 4.79 Å². The Morgan fingerprint density at radius 1 is 1.18 bits per heavy atom. The molecule has 3 aromatic rings. The number of fused-ring (bicyclic) bond motifs is 1. The van der Waals surface area contributed by atoms with Gasteiger partial charge in [0.05, 0.1) is 10.6 Å². The molecule has 8 nitrogen and oxygen atoms in total. The minimum absolute atomic E-state index is 0.168. The first-order valence-electron chi connectivity index (χ1n) is 8.09. The number of thioether (sulfide) groups is 1. The Labute approximate surface area is 172 Å². The third-order valence-electron chi connectivity index (χ3n) is 3.56. The van der Waals surface area contributed by atoms with Crippen LogP contribution in [0.15, 0.2) is 34.0 Å². The van der Waals surface area contributed by atoms with E-state index in [1.54, 1.807) is 18.2 Å². The van der Waals surface area contributed by atoms with E-state index in [4.69, 9.17) is 9.47 Å². The predicted molar refractivity (Wildman–Crippen MR) is 109 cm³/mol. The fourth-order valence-electron chi connectivity index (χ4n) is 2.33. The molecule has 144 valence electrons. The molecule has 0 unspecified atom stereocenters. The van der Waals surface area contributed by atoms with Crippen LogP contribution in [0.5, 0.6) is 11.5 Å². The van der Waals surface area contributed by atoms with Crippen molar-refractivity contribution in [3.8, 4) is 11.5 Å². The normalized spacial score (nSPS) is 12.0. The molecule has 28 heavy (non-hydrogen) atoms. The second-order valence-corrected chi connectivity index (χ2v) is 8.83. The first kappa shape index (κ1) is 18.7. The first-order chi connectivity index (χ1) is 13.6. The van der Waals surface area contributed by atoms with Crippen LogP contribution in [0.3, 0.4) is 0 Å². The standard InChI is InChI=1S/C17H14N4O4S3/c1-9-4-13(26-6-9)15(23)19-16-20-21-17(28-16)27-7-14(22)18-10-2-3-11-12(5-10)25-8-24-11/h2-6H,7-8H2,1H3,(H,18,22)(H,19,20,23). The fourth-order valence-corrected chi connectivity index (χ4v) is 4.67. The van der Waals surface area contributed by atoms with E-state index in [1.165, 1.54) is 34.4 Å². The van der Waals surface area contributed by atoms with Crippen LogP contribution in [0.1, 0.15) is 15.2 Å². The number of rotatable bonds is 6. The van der Waals surface area contributed by atoms with Crippen LogP contribution >= 0.6 is 34.4 Å². The molecule has 1 aliphatic rings. The van der Waals surface area contributed by atoms with Gasteiger partial charge < -0.3 is 14.8 Å². The maximum Gasteiger partial charge on any atom is 0.267 e. The second-order valence-electron chi connectivity index (χ2n) is 5.72. The Hall–Kier alpha value is -2.63. The molecule has 0 fully saturated rings. The Morgan fingerprint density at radius 3 is 2.86 bits per heavy atom. The number of aryl methyl sites for hydroxylation is 1. The van der Waals surface area contributed by atoms with E-state index >= 15 is 0 Å². The summed E-state index contributed by atoms with van der Waals surface area (Å²) in [5.74, 6) is 1.04. The molecule has 4 rings (SSSR count). The molecule has 0 spiro atoms. The van der Waals surface area contributed by atoms with E-state index in [2.05, 4.69) is 20.8 Å². The third-order valence-corrected chi connectivity index (χ3v) is 6.58. The van der Waals surface area contributed by atoms with Crippen molar-refractivity contribution in [1.29, 1.82) is 0 Å². The number of nitrogens with one attached hydrogen (secondary N) is 2.